The Morgan fingerprint density at radius 2 is 2.10 bits per heavy atom. The van der Waals surface area contributed by atoms with Gasteiger partial charge in [0.2, 0.25) is 0 Å². The van der Waals surface area contributed by atoms with Gasteiger partial charge in [0.05, 0.1) is 24.2 Å². The summed E-state index contributed by atoms with van der Waals surface area (Å²) in [5.41, 5.74) is 0.677. The largest absolute Gasteiger partial charge is 0.469 e. The summed E-state index contributed by atoms with van der Waals surface area (Å²) in [7, 11) is 1.37. The van der Waals surface area contributed by atoms with Gasteiger partial charge < -0.3 is 10.1 Å². The normalized spacial score (nSPS) is 10.3. The molecule has 2 aromatic rings. The fraction of sp³-hybridized carbons (Fsp3) is 0.214. The molecule has 0 bridgehead atoms. The first-order valence-corrected chi connectivity index (χ1v) is 7.11. The Balaban J connectivity index is 1.95. The summed E-state index contributed by atoms with van der Waals surface area (Å²) in [5.74, 6) is -0.620. The van der Waals surface area contributed by atoms with Crippen molar-refractivity contribution in [3.8, 4) is 0 Å². The van der Waals surface area contributed by atoms with E-state index in [1.165, 1.54) is 30.6 Å². The van der Waals surface area contributed by atoms with Crippen LogP contribution in [0.2, 0.25) is 5.02 Å². The number of carbonyl (C=O) groups is 1. The lowest BCUT2D eigenvalue weighted by molar-refractivity contribution is -0.139. The van der Waals surface area contributed by atoms with Gasteiger partial charge in [0.25, 0.3) is 0 Å². The van der Waals surface area contributed by atoms with Gasteiger partial charge in [0.1, 0.15) is 5.82 Å². The molecule has 1 aromatic carbocycles. The van der Waals surface area contributed by atoms with E-state index >= 15 is 0 Å². The lowest BCUT2D eigenvalue weighted by Crippen LogP contribution is -2.02. The molecule has 106 valence electrons. The minimum absolute atomic E-state index is 0.257. The highest BCUT2D eigenvalue weighted by Crippen LogP contribution is 2.24. The fourth-order valence-corrected chi connectivity index (χ4v) is 2.82. The first-order valence-electron chi connectivity index (χ1n) is 5.92. The number of rotatable bonds is 5. The second kappa shape index (κ2) is 6.72. The lowest BCUT2D eigenvalue weighted by Gasteiger charge is -2.06. The van der Waals surface area contributed by atoms with Gasteiger partial charge in [-0.15, -0.1) is 11.3 Å². The number of halogens is 2. The molecular weight excluding hydrogens is 301 g/mol. The molecule has 0 atom stereocenters. The molecule has 0 fully saturated rings. The number of esters is 1. The molecule has 2 rings (SSSR count). The molecular formula is C14H13ClFNO2S. The van der Waals surface area contributed by atoms with E-state index in [1.807, 2.05) is 12.1 Å². The van der Waals surface area contributed by atoms with Gasteiger partial charge in [-0.05, 0) is 30.3 Å². The number of nitrogens with one attached hydrogen (secondary N) is 1. The maximum atomic E-state index is 12.9. The summed E-state index contributed by atoms with van der Waals surface area (Å²) >= 11 is 7.45. The van der Waals surface area contributed by atoms with Crippen molar-refractivity contribution in [3.63, 3.8) is 0 Å². The third kappa shape index (κ3) is 3.95. The Hall–Kier alpha value is -1.59. The second-order valence-corrected chi connectivity index (χ2v) is 5.76. The molecule has 6 heteroatoms. The van der Waals surface area contributed by atoms with Crippen LogP contribution in [-0.4, -0.2) is 13.1 Å². The quantitative estimate of drug-likeness (QED) is 0.852. The van der Waals surface area contributed by atoms with E-state index in [2.05, 4.69) is 10.1 Å². The van der Waals surface area contributed by atoms with E-state index in [-0.39, 0.29) is 18.2 Å². The Morgan fingerprint density at radius 3 is 2.80 bits per heavy atom. The van der Waals surface area contributed by atoms with Crippen molar-refractivity contribution in [2.75, 3.05) is 12.4 Å². The molecule has 3 nitrogen and oxygen atoms in total. The molecule has 0 aliphatic rings. The van der Waals surface area contributed by atoms with Crippen LogP contribution in [0.15, 0.2) is 30.3 Å². The Labute approximate surface area is 125 Å². The first kappa shape index (κ1) is 14.8. The SMILES string of the molecule is COC(=O)Cc1ccc(CNc2ccc(F)cc2Cl)s1. The molecule has 0 aliphatic heterocycles. The molecule has 0 aliphatic carbocycles. The smallest absolute Gasteiger partial charge is 0.310 e. The molecule has 1 aromatic heterocycles. The van der Waals surface area contributed by atoms with Crippen LogP contribution in [0, 0.1) is 5.82 Å². The van der Waals surface area contributed by atoms with Crippen LogP contribution in [0.1, 0.15) is 9.75 Å². The predicted molar refractivity (Wildman–Crippen MR) is 78.8 cm³/mol. The topological polar surface area (TPSA) is 38.3 Å². The molecule has 0 saturated carbocycles. The van der Waals surface area contributed by atoms with E-state index in [1.54, 1.807) is 6.07 Å². The molecule has 1 N–H and O–H groups in total. The van der Waals surface area contributed by atoms with Crippen molar-refractivity contribution in [1.29, 1.82) is 0 Å². The molecule has 0 amide bonds. The highest BCUT2D eigenvalue weighted by Gasteiger charge is 2.07. The van der Waals surface area contributed by atoms with Crippen LogP contribution in [-0.2, 0) is 22.5 Å². The summed E-state index contributed by atoms with van der Waals surface area (Å²) < 4.78 is 17.5. The minimum Gasteiger partial charge on any atom is -0.469 e. The Bertz CT molecular complexity index is 615. The van der Waals surface area contributed by atoms with Crippen molar-refractivity contribution >= 4 is 34.6 Å². The zero-order valence-corrected chi connectivity index (χ0v) is 12.4. The molecule has 0 saturated heterocycles. The van der Waals surface area contributed by atoms with Crippen molar-refractivity contribution < 1.29 is 13.9 Å². The van der Waals surface area contributed by atoms with Gasteiger partial charge in [0, 0.05) is 16.3 Å². The van der Waals surface area contributed by atoms with Crippen molar-refractivity contribution in [3.05, 3.63) is 50.9 Å². The molecule has 0 spiro atoms. The van der Waals surface area contributed by atoms with Crippen molar-refractivity contribution in [2.24, 2.45) is 0 Å². The van der Waals surface area contributed by atoms with E-state index < -0.39 is 0 Å². The summed E-state index contributed by atoms with van der Waals surface area (Å²) in [5, 5.41) is 3.48. The number of carbonyl (C=O) groups excluding carboxylic acids is 1. The van der Waals surface area contributed by atoms with Crippen LogP contribution in [0.25, 0.3) is 0 Å². The van der Waals surface area contributed by atoms with Crippen LogP contribution in [0.5, 0.6) is 0 Å². The van der Waals surface area contributed by atoms with Gasteiger partial charge >= 0.3 is 5.97 Å². The van der Waals surface area contributed by atoms with Crippen LogP contribution >= 0.6 is 22.9 Å². The summed E-state index contributed by atoms with van der Waals surface area (Å²) in [6, 6.07) is 8.05. The van der Waals surface area contributed by atoms with Crippen molar-refractivity contribution in [1.82, 2.24) is 0 Å². The van der Waals surface area contributed by atoms with Crippen LogP contribution < -0.4 is 5.32 Å². The Morgan fingerprint density at radius 1 is 1.35 bits per heavy atom. The number of anilines is 1. The number of hydrogen-bond donors (Lipinski definition) is 1. The summed E-state index contributed by atoms with van der Waals surface area (Å²) in [6.45, 7) is 0.567. The van der Waals surface area contributed by atoms with E-state index in [9.17, 15) is 9.18 Å². The number of benzene rings is 1. The second-order valence-electron chi connectivity index (χ2n) is 4.10. The molecule has 0 unspecified atom stereocenters. The lowest BCUT2D eigenvalue weighted by atomic mass is 10.3. The predicted octanol–water partition coefficient (Wildman–Crippen LogP) is 3.87. The van der Waals surface area contributed by atoms with Gasteiger partial charge in [-0.1, -0.05) is 11.6 Å². The maximum Gasteiger partial charge on any atom is 0.310 e. The standard InChI is InChI=1S/C14H13ClFNO2S/c1-19-14(18)7-10-3-4-11(20-10)8-17-13-5-2-9(16)6-12(13)15/h2-6,17H,7-8H2,1H3. The monoisotopic (exact) mass is 313 g/mol. The van der Waals surface area contributed by atoms with E-state index in [4.69, 9.17) is 11.6 Å². The highest BCUT2D eigenvalue weighted by atomic mass is 35.5. The van der Waals surface area contributed by atoms with E-state index in [0.29, 0.717) is 17.3 Å². The van der Waals surface area contributed by atoms with Gasteiger partial charge in [-0.2, -0.15) is 0 Å². The minimum atomic E-state index is -0.364. The Kier molecular flexibility index (Phi) is 4.98. The number of hydrogen-bond acceptors (Lipinski definition) is 4. The molecule has 20 heavy (non-hydrogen) atoms. The number of methoxy groups -OCH3 is 1. The molecule has 0 radical (unpaired) electrons. The van der Waals surface area contributed by atoms with Crippen molar-refractivity contribution in [2.45, 2.75) is 13.0 Å². The maximum absolute atomic E-state index is 12.9. The molecule has 1 heterocycles. The average Bonchev–Trinajstić information content (AvgIpc) is 2.85. The summed E-state index contributed by atoms with van der Waals surface area (Å²) in [6.07, 6.45) is 0.276. The van der Waals surface area contributed by atoms with E-state index in [0.717, 1.165) is 9.75 Å². The summed E-state index contributed by atoms with van der Waals surface area (Å²) in [4.78, 5) is 13.2. The van der Waals surface area contributed by atoms with Gasteiger partial charge in [-0.25, -0.2) is 4.39 Å². The third-order valence-corrected chi connectivity index (χ3v) is 4.05. The fourth-order valence-electron chi connectivity index (χ4n) is 1.64. The van der Waals surface area contributed by atoms with Crippen LogP contribution in [0.4, 0.5) is 10.1 Å². The zero-order chi connectivity index (χ0) is 14.5. The average molecular weight is 314 g/mol. The third-order valence-electron chi connectivity index (χ3n) is 2.65. The van der Waals surface area contributed by atoms with Crippen LogP contribution in [0.3, 0.4) is 0 Å². The number of thiophene rings is 1. The van der Waals surface area contributed by atoms with Gasteiger partial charge in [-0.3, -0.25) is 4.79 Å². The van der Waals surface area contributed by atoms with Gasteiger partial charge in [0.15, 0.2) is 0 Å². The first-order chi connectivity index (χ1) is 9.58. The highest BCUT2D eigenvalue weighted by molar-refractivity contribution is 7.12. The number of ether oxygens (including phenoxy) is 1. The zero-order valence-electron chi connectivity index (χ0n) is 10.8.